The summed E-state index contributed by atoms with van der Waals surface area (Å²) in [4.78, 5) is 25.9. The molecule has 7 nitrogen and oxygen atoms in total. The van der Waals surface area contributed by atoms with E-state index in [0.29, 0.717) is 18.4 Å². The van der Waals surface area contributed by atoms with Gasteiger partial charge in [-0.25, -0.2) is 5.43 Å². The van der Waals surface area contributed by atoms with E-state index in [4.69, 9.17) is 4.42 Å². The number of carbonyl (C=O) groups is 2. The van der Waals surface area contributed by atoms with Crippen LogP contribution in [-0.2, 0) is 17.6 Å². The van der Waals surface area contributed by atoms with Crippen LogP contribution < -0.4 is 15.9 Å². The molecule has 186 valence electrons. The standard InChI is InChI=1S/C30H28N4O3/c1-21-28-25(31-32-27(35)20-22-12-5-2-6-13-22)18-11-19-26(28)37-29(21)30(36)33-34(23-14-7-3-8-15-23)24-16-9-4-10-17-24/h2-10,12-17H,11,18-20H2,1H3,(H,32,35)(H,33,36)/b31-25+. The third kappa shape index (κ3) is 5.46. The van der Waals surface area contributed by atoms with Crippen molar-refractivity contribution >= 4 is 28.9 Å². The summed E-state index contributed by atoms with van der Waals surface area (Å²) in [6.45, 7) is 1.86. The fraction of sp³-hybridized carbons (Fsp3) is 0.167. The lowest BCUT2D eigenvalue weighted by Crippen LogP contribution is -2.39. The molecule has 0 fully saturated rings. The predicted molar refractivity (Wildman–Crippen MR) is 144 cm³/mol. The summed E-state index contributed by atoms with van der Waals surface area (Å²) in [5, 5.41) is 6.16. The first kappa shape index (κ1) is 24.1. The summed E-state index contributed by atoms with van der Waals surface area (Å²) >= 11 is 0. The highest BCUT2D eigenvalue weighted by atomic mass is 16.4. The van der Waals surface area contributed by atoms with Crippen LogP contribution in [0.15, 0.2) is 101 Å². The van der Waals surface area contributed by atoms with Crippen LogP contribution in [0.3, 0.4) is 0 Å². The molecular weight excluding hydrogens is 464 g/mol. The largest absolute Gasteiger partial charge is 0.455 e. The van der Waals surface area contributed by atoms with Gasteiger partial charge in [0.15, 0.2) is 5.76 Å². The molecular formula is C30H28N4O3. The van der Waals surface area contributed by atoms with Crippen LogP contribution in [-0.4, -0.2) is 17.5 Å². The summed E-state index contributed by atoms with van der Waals surface area (Å²) < 4.78 is 6.07. The van der Waals surface area contributed by atoms with Crippen molar-refractivity contribution in [3.63, 3.8) is 0 Å². The van der Waals surface area contributed by atoms with Crippen molar-refractivity contribution in [1.82, 2.24) is 10.9 Å². The lowest BCUT2D eigenvalue weighted by atomic mass is 9.93. The lowest BCUT2D eigenvalue weighted by molar-refractivity contribution is -0.120. The Kier molecular flexibility index (Phi) is 7.12. The predicted octanol–water partition coefficient (Wildman–Crippen LogP) is 5.47. The van der Waals surface area contributed by atoms with Crippen molar-refractivity contribution in [1.29, 1.82) is 0 Å². The first-order chi connectivity index (χ1) is 18.1. The first-order valence-corrected chi connectivity index (χ1v) is 12.3. The van der Waals surface area contributed by atoms with Gasteiger partial charge in [-0.15, -0.1) is 0 Å². The van der Waals surface area contributed by atoms with Crippen LogP contribution in [0.5, 0.6) is 0 Å². The lowest BCUT2D eigenvalue weighted by Gasteiger charge is -2.25. The number of para-hydroxylation sites is 2. The highest BCUT2D eigenvalue weighted by Crippen LogP contribution is 2.30. The second kappa shape index (κ2) is 11.0. The second-order valence-electron chi connectivity index (χ2n) is 8.91. The van der Waals surface area contributed by atoms with E-state index in [1.165, 1.54) is 0 Å². The molecule has 0 radical (unpaired) electrons. The minimum atomic E-state index is -0.355. The van der Waals surface area contributed by atoms with Crippen LogP contribution in [0.1, 0.15) is 45.8 Å². The molecule has 3 aromatic carbocycles. The number of nitrogens with one attached hydrogen (secondary N) is 2. The number of furan rings is 1. The number of carbonyl (C=O) groups excluding carboxylic acids is 2. The number of benzene rings is 3. The number of hydrogen-bond donors (Lipinski definition) is 2. The number of amides is 2. The van der Waals surface area contributed by atoms with Crippen molar-refractivity contribution in [2.45, 2.75) is 32.6 Å². The molecule has 0 aliphatic heterocycles. The van der Waals surface area contributed by atoms with Gasteiger partial charge < -0.3 is 4.42 Å². The zero-order chi connectivity index (χ0) is 25.6. The summed E-state index contributed by atoms with van der Waals surface area (Å²) in [6.07, 6.45) is 2.48. The van der Waals surface area contributed by atoms with Gasteiger partial charge >= 0.3 is 5.91 Å². The van der Waals surface area contributed by atoms with E-state index in [9.17, 15) is 9.59 Å². The fourth-order valence-corrected chi connectivity index (χ4v) is 4.53. The monoisotopic (exact) mass is 492 g/mol. The summed E-state index contributed by atoms with van der Waals surface area (Å²) in [5.74, 6) is 0.418. The van der Waals surface area contributed by atoms with E-state index in [0.717, 1.165) is 40.4 Å². The van der Waals surface area contributed by atoms with Gasteiger partial charge in [-0.05, 0) is 49.6 Å². The normalized spacial score (nSPS) is 13.6. The molecule has 0 unspecified atom stereocenters. The van der Waals surface area contributed by atoms with Gasteiger partial charge in [0.2, 0.25) is 5.91 Å². The van der Waals surface area contributed by atoms with E-state index < -0.39 is 0 Å². The number of aryl methyl sites for hydroxylation is 1. The number of hydrazine groups is 1. The molecule has 5 rings (SSSR count). The summed E-state index contributed by atoms with van der Waals surface area (Å²) in [7, 11) is 0. The molecule has 1 aliphatic carbocycles. The van der Waals surface area contributed by atoms with Gasteiger partial charge in [0.05, 0.1) is 23.5 Å². The number of hydrogen-bond acceptors (Lipinski definition) is 5. The van der Waals surface area contributed by atoms with Gasteiger partial charge in [-0.1, -0.05) is 66.7 Å². The Morgan fingerprint density at radius 2 is 1.46 bits per heavy atom. The van der Waals surface area contributed by atoms with E-state index >= 15 is 0 Å². The summed E-state index contributed by atoms with van der Waals surface area (Å²) in [6, 6.07) is 28.8. The smallest absolute Gasteiger partial charge is 0.306 e. The number of hydrazone groups is 1. The molecule has 0 bridgehead atoms. The van der Waals surface area contributed by atoms with E-state index in [1.54, 1.807) is 5.01 Å². The maximum Gasteiger partial charge on any atom is 0.306 e. The Morgan fingerprint density at radius 1 is 0.865 bits per heavy atom. The third-order valence-corrected chi connectivity index (χ3v) is 6.30. The molecule has 37 heavy (non-hydrogen) atoms. The van der Waals surface area contributed by atoms with Crippen molar-refractivity contribution in [2.24, 2.45) is 5.10 Å². The van der Waals surface area contributed by atoms with E-state index in [-0.39, 0.29) is 24.0 Å². The van der Waals surface area contributed by atoms with Crippen molar-refractivity contribution in [3.05, 3.63) is 119 Å². The minimum Gasteiger partial charge on any atom is -0.455 e. The molecule has 0 atom stereocenters. The Morgan fingerprint density at radius 3 is 2.08 bits per heavy atom. The fourth-order valence-electron chi connectivity index (χ4n) is 4.53. The quantitative estimate of drug-likeness (QED) is 0.335. The number of rotatable bonds is 7. The molecule has 2 amide bonds. The van der Waals surface area contributed by atoms with Crippen LogP contribution in [0, 0.1) is 6.92 Å². The first-order valence-electron chi connectivity index (χ1n) is 12.3. The maximum atomic E-state index is 13.5. The van der Waals surface area contributed by atoms with Gasteiger partial charge in [0, 0.05) is 17.5 Å². The van der Waals surface area contributed by atoms with Crippen LogP contribution >= 0.6 is 0 Å². The maximum absolute atomic E-state index is 13.5. The number of nitrogens with zero attached hydrogens (tertiary/aromatic N) is 2. The van der Waals surface area contributed by atoms with Gasteiger partial charge in [0.1, 0.15) is 5.76 Å². The molecule has 0 spiro atoms. The molecule has 1 aliphatic rings. The topological polar surface area (TPSA) is 86.9 Å². The van der Waals surface area contributed by atoms with Gasteiger partial charge in [0.25, 0.3) is 0 Å². The molecule has 0 saturated carbocycles. The van der Waals surface area contributed by atoms with E-state index in [2.05, 4.69) is 16.0 Å². The molecule has 1 aromatic heterocycles. The zero-order valence-electron chi connectivity index (χ0n) is 20.6. The second-order valence-corrected chi connectivity index (χ2v) is 8.91. The molecule has 1 heterocycles. The van der Waals surface area contributed by atoms with Crippen molar-refractivity contribution in [3.8, 4) is 0 Å². The molecule has 7 heteroatoms. The highest BCUT2D eigenvalue weighted by Gasteiger charge is 2.29. The average Bonchev–Trinajstić information content (AvgIpc) is 3.29. The van der Waals surface area contributed by atoms with Crippen molar-refractivity contribution in [2.75, 3.05) is 5.01 Å². The Balaban J connectivity index is 1.37. The Labute approximate surface area is 215 Å². The number of fused-ring (bicyclic) bond motifs is 1. The summed E-state index contributed by atoms with van der Waals surface area (Å²) in [5.41, 5.74) is 10.5. The molecule has 0 saturated heterocycles. The Hall–Kier alpha value is -4.65. The number of anilines is 2. The average molecular weight is 493 g/mol. The third-order valence-electron chi connectivity index (χ3n) is 6.30. The molecule has 2 N–H and O–H groups in total. The van der Waals surface area contributed by atoms with E-state index in [1.807, 2.05) is 97.9 Å². The Bertz CT molecular complexity index is 1370. The highest BCUT2D eigenvalue weighted by molar-refractivity contribution is 6.07. The van der Waals surface area contributed by atoms with Crippen LogP contribution in [0.2, 0.25) is 0 Å². The molecule has 4 aromatic rings. The van der Waals surface area contributed by atoms with Crippen LogP contribution in [0.4, 0.5) is 11.4 Å². The van der Waals surface area contributed by atoms with Gasteiger partial charge in [-0.3, -0.25) is 20.0 Å². The van der Waals surface area contributed by atoms with Gasteiger partial charge in [-0.2, -0.15) is 5.10 Å². The van der Waals surface area contributed by atoms with Crippen molar-refractivity contribution < 1.29 is 14.0 Å². The van der Waals surface area contributed by atoms with Crippen LogP contribution in [0.25, 0.3) is 0 Å². The zero-order valence-corrected chi connectivity index (χ0v) is 20.6. The SMILES string of the molecule is Cc1c(C(=O)NN(c2ccccc2)c2ccccc2)oc2c1/C(=N/NC(=O)Cc1ccccc1)CCC2. The minimum absolute atomic E-state index is 0.189.